The average molecular weight is 555 g/mol. The number of rotatable bonds is 6. The van der Waals surface area contributed by atoms with Gasteiger partial charge >= 0.3 is 0 Å². The molecule has 5 aromatic rings. The van der Waals surface area contributed by atoms with Crippen LogP contribution in [0.1, 0.15) is 52.8 Å². The number of pyridine rings is 2. The predicted molar refractivity (Wildman–Crippen MR) is 154 cm³/mol. The summed E-state index contributed by atoms with van der Waals surface area (Å²) in [4.78, 5) is 41.5. The molecule has 0 fully saturated rings. The molecular weight excluding hydrogens is 528 g/mol. The van der Waals surface area contributed by atoms with Gasteiger partial charge in [-0.3, -0.25) is 14.2 Å². The molecule has 1 aliphatic heterocycles. The quantitative estimate of drug-likeness (QED) is 0.236. The molecule has 5 heterocycles. The lowest BCUT2D eigenvalue weighted by atomic mass is 10.0. The van der Waals surface area contributed by atoms with Crippen molar-refractivity contribution >= 4 is 39.9 Å². The van der Waals surface area contributed by atoms with Gasteiger partial charge in [-0.15, -0.1) is 0 Å². The van der Waals surface area contributed by atoms with Crippen LogP contribution in [0.15, 0.2) is 59.7 Å². The van der Waals surface area contributed by atoms with Crippen LogP contribution in [0.4, 0.5) is 11.6 Å². The van der Waals surface area contributed by atoms with Gasteiger partial charge in [0.25, 0.3) is 5.56 Å². The summed E-state index contributed by atoms with van der Waals surface area (Å²) in [5, 5.41) is 8.90. The minimum atomic E-state index is -0.284. The highest BCUT2D eigenvalue weighted by atomic mass is 35.5. The molecule has 6 rings (SSSR count). The van der Waals surface area contributed by atoms with Crippen LogP contribution >= 0.6 is 11.6 Å². The molecule has 0 saturated carbocycles. The number of carbonyl (C=O) groups is 1. The number of halogens is 1. The second-order valence-corrected chi connectivity index (χ2v) is 10.5. The van der Waals surface area contributed by atoms with Crippen LogP contribution in [0.3, 0.4) is 0 Å². The minimum Gasteiger partial charge on any atom is -0.377 e. The van der Waals surface area contributed by atoms with Crippen LogP contribution < -0.4 is 15.8 Å². The fraction of sp³-hybridized carbons (Fsp3) is 0.241. The number of aromatic nitrogens is 6. The third kappa shape index (κ3) is 4.50. The SMILES string of the molecule is CC(=O)c1nc(Cl)ccc1N[C@H](C)c1cc(C)cc2c(=O)n(C)c(N3Cc4cn(-c5ccccn5)nc4C3)nc12. The van der Waals surface area contributed by atoms with Gasteiger partial charge < -0.3 is 10.2 Å². The molecule has 0 aliphatic carbocycles. The van der Waals surface area contributed by atoms with Gasteiger partial charge in [-0.1, -0.05) is 23.7 Å². The number of nitrogens with one attached hydrogen (secondary N) is 1. The Bertz CT molecular complexity index is 1820. The van der Waals surface area contributed by atoms with E-state index in [0.717, 1.165) is 28.2 Å². The van der Waals surface area contributed by atoms with E-state index in [1.165, 1.54) is 6.92 Å². The molecule has 1 N–H and O–H groups in total. The maximum absolute atomic E-state index is 13.6. The molecule has 0 saturated heterocycles. The first-order valence-electron chi connectivity index (χ1n) is 12.9. The number of aryl methyl sites for hydroxylation is 1. The molecule has 10 nitrogen and oxygen atoms in total. The fourth-order valence-electron chi connectivity index (χ4n) is 5.19. The van der Waals surface area contributed by atoms with E-state index in [4.69, 9.17) is 21.7 Å². The van der Waals surface area contributed by atoms with Crippen molar-refractivity contribution in [2.24, 2.45) is 7.05 Å². The smallest absolute Gasteiger partial charge is 0.262 e. The largest absolute Gasteiger partial charge is 0.377 e. The van der Waals surface area contributed by atoms with Gasteiger partial charge in [0.05, 0.1) is 34.9 Å². The lowest BCUT2D eigenvalue weighted by Gasteiger charge is -2.23. The molecule has 0 radical (unpaired) electrons. The molecule has 0 spiro atoms. The van der Waals surface area contributed by atoms with E-state index < -0.39 is 0 Å². The highest BCUT2D eigenvalue weighted by Gasteiger charge is 2.27. The summed E-state index contributed by atoms with van der Waals surface area (Å²) in [7, 11) is 1.75. The number of hydrogen-bond donors (Lipinski definition) is 1. The van der Waals surface area contributed by atoms with E-state index in [1.807, 2.05) is 50.4 Å². The van der Waals surface area contributed by atoms with Crippen molar-refractivity contribution in [2.75, 3.05) is 10.2 Å². The molecule has 0 amide bonds. The van der Waals surface area contributed by atoms with Crippen molar-refractivity contribution < 1.29 is 4.79 Å². The van der Waals surface area contributed by atoms with E-state index in [9.17, 15) is 9.59 Å². The second-order valence-electron chi connectivity index (χ2n) is 10.1. The number of carbonyl (C=O) groups excluding carboxylic acids is 1. The van der Waals surface area contributed by atoms with Gasteiger partial charge in [-0.05, 0) is 49.7 Å². The van der Waals surface area contributed by atoms with Gasteiger partial charge in [-0.25, -0.2) is 19.6 Å². The number of nitrogens with zero attached hydrogens (tertiary/aromatic N) is 7. The van der Waals surface area contributed by atoms with E-state index in [2.05, 4.69) is 20.2 Å². The molecule has 4 aromatic heterocycles. The number of anilines is 2. The molecule has 0 unspecified atom stereocenters. The normalized spacial score (nSPS) is 13.5. The molecule has 1 atom stereocenters. The summed E-state index contributed by atoms with van der Waals surface area (Å²) in [5.74, 6) is 1.12. The first-order valence-corrected chi connectivity index (χ1v) is 13.3. The molecule has 11 heteroatoms. The van der Waals surface area contributed by atoms with Crippen LogP contribution in [-0.4, -0.2) is 35.1 Å². The summed E-state index contributed by atoms with van der Waals surface area (Å²) in [6.07, 6.45) is 3.72. The second kappa shape index (κ2) is 9.87. The summed E-state index contributed by atoms with van der Waals surface area (Å²) in [6.45, 7) is 6.47. The van der Waals surface area contributed by atoms with E-state index in [0.29, 0.717) is 35.6 Å². The van der Waals surface area contributed by atoms with Crippen molar-refractivity contribution in [1.29, 1.82) is 0 Å². The lowest BCUT2D eigenvalue weighted by Crippen LogP contribution is -2.29. The Morgan fingerprint density at radius 2 is 1.95 bits per heavy atom. The number of benzene rings is 1. The number of hydrogen-bond acceptors (Lipinski definition) is 8. The average Bonchev–Trinajstić information content (AvgIpc) is 3.51. The van der Waals surface area contributed by atoms with Crippen LogP contribution in [0, 0.1) is 6.92 Å². The highest BCUT2D eigenvalue weighted by Crippen LogP contribution is 2.31. The molecule has 202 valence electrons. The third-order valence-corrected chi connectivity index (χ3v) is 7.32. The third-order valence-electron chi connectivity index (χ3n) is 7.11. The topological polar surface area (TPSA) is 111 Å². The molecule has 1 aromatic carbocycles. The zero-order chi connectivity index (χ0) is 28.1. The lowest BCUT2D eigenvalue weighted by molar-refractivity contribution is 0.101. The Morgan fingerprint density at radius 3 is 2.67 bits per heavy atom. The summed E-state index contributed by atoms with van der Waals surface area (Å²) >= 11 is 6.04. The van der Waals surface area contributed by atoms with Crippen LogP contribution in [-0.2, 0) is 20.1 Å². The monoisotopic (exact) mass is 554 g/mol. The molecular formula is C29H27ClN8O2. The standard InChI is InChI=1S/C29H27ClN8O2/c1-16-11-20(17(2)32-22-8-9-24(30)33-26(22)18(3)39)27-21(12-16)28(40)36(4)29(34-27)37-13-19-14-38(35-23(19)15-37)25-7-5-6-10-31-25/h5-12,14,17,32H,13,15H2,1-4H3/t17-/m1/s1. The number of Topliss-reactive ketones (excluding diaryl/α,β-unsaturated/α-hetero) is 1. The van der Waals surface area contributed by atoms with Gasteiger partial charge in [0.1, 0.15) is 10.8 Å². The zero-order valence-electron chi connectivity index (χ0n) is 22.5. The first-order chi connectivity index (χ1) is 19.2. The maximum Gasteiger partial charge on any atom is 0.262 e. The Morgan fingerprint density at radius 1 is 1.12 bits per heavy atom. The van der Waals surface area contributed by atoms with E-state index >= 15 is 0 Å². The van der Waals surface area contributed by atoms with Crippen molar-refractivity contribution in [3.8, 4) is 5.82 Å². The molecule has 1 aliphatic rings. The van der Waals surface area contributed by atoms with Crippen molar-refractivity contribution in [2.45, 2.75) is 39.9 Å². The predicted octanol–water partition coefficient (Wildman–Crippen LogP) is 4.77. The van der Waals surface area contributed by atoms with Gasteiger partial charge in [-0.2, -0.15) is 5.10 Å². The van der Waals surface area contributed by atoms with Crippen LogP contribution in [0.5, 0.6) is 0 Å². The van der Waals surface area contributed by atoms with Crippen molar-refractivity contribution in [3.05, 3.63) is 98.4 Å². The van der Waals surface area contributed by atoms with Crippen molar-refractivity contribution in [3.63, 3.8) is 0 Å². The first kappa shape index (κ1) is 25.7. The van der Waals surface area contributed by atoms with E-state index in [1.54, 1.807) is 34.6 Å². The molecule has 0 bridgehead atoms. The van der Waals surface area contributed by atoms with Gasteiger partial charge in [0.15, 0.2) is 11.6 Å². The Balaban J connectivity index is 1.37. The summed E-state index contributed by atoms with van der Waals surface area (Å²) in [5.41, 5.74) is 5.08. The minimum absolute atomic E-state index is 0.127. The maximum atomic E-state index is 13.6. The summed E-state index contributed by atoms with van der Waals surface area (Å²) in [6, 6.07) is 12.7. The Labute approximate surface area is 235 Å². The fourth-order valence-corrected chi connectivity index (χ4v) is 5.33. The highest BCUT2D eigenvalue weighted by molar-refractivity contribution is 6.29. The van der Waals surface area contributed by atoms with Crippen molar-refractivity contribution in [1.82, 2.24) is 29.3 Å². The van der Waals surface area contributed by atoms with Gasteiger partial charge in [0.2, 0.25) is 5.95 Å². The van der Waals surface area contributed by atoms with E-state index in [-0.39, 0.29) is 28.2 Å². The number of ketones is 1. The van der Waals surface area contributed by atoms with Crippen LogP contribution in [0.25, 0.3) is 16.7 Å². The Kier molecular flexibility index (Phi) is 6.34. The summed E-state index contributed by atoms with van der Waals surface area (Å²) < 4.78 is 3.38. The van der Waals surface area contributed by atoms with Crippen LogP contribution in [0.2, 0.25) is 5.15 Å². The zero-order valence-corrected chi connectivity index (χ0v) is 23.3. The van der Waals surface area contributed by atoms with Gasteiger partial charge in [0, 0.05) is 44.0 Å². The molecule has 40 heavy (non-hydrogen) atoms. The Hall–Kier alpha value is -4.57. The number of fused-ring (bicyclic) bond motifs is 2.